The molecule has 3 heterocycles. The molecule has 0 bridgehead atoms. The van der Waals surface area contributed by atoms with Crippen molar-refractivity contribution in [3.05, 3.63) is 29.8 Å². The quantitative estimate of drug-likeness (QED) is 0.770. The van der Waals surface area contributed by atoms with Crippen LogP contribution in [-0.2, 0) is 9.59 Å². The van der Waals surface area contributed by atoms with E-state index in [0.29, 0.717) is 5.92 Å². The van der Waals surface area contributed by atoms with Crippen LogP contribution in [0, 0.1) is 12.8 Å². The average Bonchev–Trinajstić information content (AvgIpc) is 2.78. The Morgan fingerprint density at radius 1 is 1.06 bits per heavy atom. The largest absolute Gasteiger partial charge is 0.357 e. The van der Waals surface area contributed by atoms with Gasteiger partial charge < -0.3 is 15.1 Å². The molecule has 2 fully saturated rings. The summed E-state index contributed by atoms with van der Waals surface area (Å²) in [6, 6.07) is 8.02. The molecular formula is C25H34N4O2. The first kappa shape index (κ1) is 21.6. The zero-order chi connectivity index (χ0) is 21.8. The molecule has 1 N–H and O–H groups in total. The van der Waals surface area contributed by atoms with Crippen molar-refractivity contribution in [1.29, 1.82) is 0 Å². The molecule has 0 saturated carbocycles. The number of likely N-dealkylation sites (tertiary alicyclic amines) is 1. The number of amides is 2. The predicted molar refractivity (Wildman–Crippen MR) is 125 cm³/mol. The fourth-order valence-electron chi connectivity index (χ4n) is 4.76. The summed E-state index contributed by atoms with van der Waals surface area (Å²) in [5, 5.41) is 4.01. The van der Waals surface area contributed by atoms with Gasteiger partial charge in [-0.15, -0.1) is 0 Å². The number of benzene rings is 1. The van der Waals surface area contributed by atoms with E-state index in [0.717, 1.165) is 60.6 Å². The van der Waals surface area contributed by atoms with E-state index in [1.165, 1.54) is 25.7 Å². The van der Waals surface area contributed by atoms with Gasteiger partial charge in [0.05, 0.1) is 5.52 Å². The number of hydrogen-bond donors (Lipinski definition) is 1. The lowest BCUT2D eigenvalue weighted by atomic mass is 10.00. The maximum atomic E-state index is 12.4. The van der Waals surface area contributed by atoms with Crippen molar-refractivity contribution in [2.24, 2.45) is 5.92 Å². The SMILES string of the molecule is Cc1cc(N2CCCCC2)nc2ccc(NC(=O)CCC(=O)N3CCCC(C)C3)cc12. The molecule has 1 aromatic heterocycles. The Bertz CT molecular complexity index is 952. The molecule has 0 aliphatic carbocycles. The maximum Gasteiger partial charge on any atom is 0.224 e. The number of hydrogen-bond acceptors (Lipinski definition) is 4. The van der Waals surface area contributed by atoms with E-state index in [1.54, 1.807) is 0 Å². The Labute approximate surface area is 185 Å². The molecule has 1 unspecified atom stereocenters. The number of aromatic nitrogens is 1. The van der Waals surface area contributed by atoms with Gasteiger partial charge in [0.15, 0.2) is 0 Å². The second kappa shape index (κ2) is 9.67. The van der Waals surface area contributed by atoms with Crippen molar-refractivity contribution in [2.45, 2.75) is 58.8 Å². The first-order chi connectivity index (χ1) is 15.0. The smallest absolute Gasteiger partial charge is 0.224 e. The predicted octanol–water partition coefficient (Wildman–Crippen LogP) is 4.51. The highest BCUT2D eigenvalue weighted by molar-refractivity contribution is 5.96. The molecule has 0 radical (unpaired) electrons. The van der Waals surface area contributed by atoms with Gasteiger partial charge >= 0.3 is 0 Å². The number of piperidine rings is 2. The minimum atomic E-state index is -0.117. The molecule has 2 amide bonds. The summed E-state index contributed by atoms with van der Waals surface area (Å²) >= 11 is 0. The third kappa shape index (κ3) is 5.35. The molecule has 4 rings (SSSR count). The summed E-state index contributed by atoms with van der Waals surface area (Å²) in [6.45, 7) is 8.06. The Hall–Kier alpha value is -2.63. The van der Waals surface area contributed by atoms with Crippen molar-refractivity contribution < 1.29 is 9.59 Å². The monoisotopic (exact) mass is 422 g/mol. The fourth-order valence-corrected chi connectivity index (χ4v) is 4.76. The van der Waals surface area contributed by atoms with E-state index in [2.05, 4.69) is 30.1 Å². The van der Waals surface area contributed by atoms with E-state index in [1.807, 2.05) is 23.1 Å². The number of anilines is 2. The topological polar surface area (TPSA) is 65.5 Å². The molecule has 2 saturated heterocycles. The van der Waals surface area contributed by atoms with E-state index < -0.39 is 0 Å². The summed E-state index contributed by atoms with van der Waals surface area (Å²) in [7, 11) is 0. The minimum absolute atomic E-state index is 0.0884. The molecule has 2 aliphatic rings. The molecule has 6 nitrogen and oxygen atoms in total. The van der Waals surface area contributed by atoms with E-state index in [-0.39, 0.29) is 24.7 Å². The van der Waals surface area contributed by atoms with Gasteiger partial charge in [0.1, 0.15) is 5.82 Å². The Balaban J connectivity index is 1.37. The standard InChI is InChI=1S/C25H34N4O2/c1-18-7-6-14-29(17-18)25(31)11-10-24(30)26-20-8-9-22-21(16-20)19(2)15-23(27-22)28-12-4-3-5-13-28/h8-9,15-16,18H,3-7,10-14,17H2,1-2H3,(H,26,30). The second-order valence-corrected chi connectivity index (χ2v) is 9.21. The normalized spacial score (nSPS) is 19.5. The van der Waals surface area contributed by atoms with Crippen molar-refractivity contribution in [1.82, 2.24) is 9.88 Å². The number of aryl methyl sites for hydroxylation is 1. The molecule has 1 atom stereocenters. The van der Waals surface area contributed by atoms with Crippen molar-refractivity contribution in [3.63, 3.8) is 0 Å². The highest BCUT2D eigenvalue weighted by Gasteiger charge is 2.21. The van der Waals surface area contributed by atoms with Crippen molar-refractivity contribution in [3.8, 4) is 0 Å². The number of fused-ring (bicyclic) bond motifs is 1. The first-order valence-corrected chi connectivity index (χ1v) is 11.7. The van der Waals surface area contributed by atoms with Crippen LogP contribution in [-0.4, -0.2) is 47.9 Å². The van der Waals surface area contributed by atoms with Gasteiger partial charge in [-0.3, -0.25) is 9.59 Å². The van der Waals surface area contributed by atoms with Crippen LogP contribution in [0.2, 0.25) is 0 Å². The van der Waals surface area contributed by atoms with Crippen molar-refractivity contribution in [2.75, 3.05) is 36.4 Å². The lowest BCUT2D eigenvalue weighted by Gasteiger charge is -2.31. The summed E-state index contributed by atoms with van der Waals surface area (Å²) in [5.74, 6) is 1.57. The first-order valence-electron chi connectivity index (χ1n) is 11.7. The Morgan fingerprint density at radius 3 is 2.65 bits per heavy atom. The summed E-state index contributed by atoms with van der Waals surface area (Å²) in [6.07, 6.45) is 6.47. The van der Waals surface area contributed by atoms with Crippen LogP contribution >= 0.6 is 0 Å². The van der Waals surface area contributed by atoms with Crippen LogP contribution < -0.4 is 10.2 Å². The summed E-state index contributed by atoms with van der Waals surface area (Å²) in [4.78, 5) is 34.0. The van der Waals surface area contributed by atoms with Gasteiger partial charge in [-0.2, -0.15) is 0 Å². The van der Waals surface area contributed by atoms with Crippen LogP contribution in [0.1, 0.15) is 57.4 Å². The third-order valence-corrected chi connectivity index (χ3v) is 6.54. The van der Waals surface area contributed by atoms with Gasteiger partial charge in [0.25, 0.3) is 0 Å². The molecule has 166 valence electrons. The zero-order valence-corrected chi connectivity index (χ0v) is 18.8. The molecular weight excluding hydrogens is 388 g/mol. The lowest BCUT2D eigenvalue weighted by molar-refractivity contribution is -0.134. The lowest BCUT2D eigenvalue weighted by Crippen LogP contribution is -2.39. The molecule has 2 aliphatic heterocycles. The van der Waals surface area contributed by atoms with Gasteiger partial charge in [0, 0.05) is 50.1 Å². The van der Waals surface area contributed by atoms with Crippen LogP contribution in [0.15, 0.2) is 24.3 Å². The molecule has 0 spiro atoms. The maximum absolute atomic E-state index is 12.4. The fraction of sp³-hybridized carbons (Fsp3) is 0.560. The Kier molecular flexibility index (Phi) is 6.73. The summed E-state index contributed by atoms with van der Waals surface area (Å²) < 4.78 is 0. The van der Waals surface area contributed by atoms with E-state index in [9.17, 15) is 9.59 Å². The Morgan fingerprint density at radius 2 is 1.87 bits per heavy atom. The molecule has 1 aromatic carbocycles. The highest BCUT2D eigenvalue weighted by atomic mass is 16.2. The highest BCUT2D eigenvalue weighted by Crippen LogP contribution is 2.27. The van der Waals surface area contributed by atoms with Crippen LogP contribution in [0.5, 0.6) is 0 Å². The third-order valence-electron chi connectivity index (χ3n) is 6.54. The number of carbonyl (C=O) groups excluding carboxylic acids is 2. The number of carbonyl (C=O) groups is 2. The van der Waals surface area contributed by atoms with Crippen LogP contribution in [0.25, 0.3) is 10.9 Å². The molecule has 31 heavy (non-hydrogen) atoms. The van der Waals surface area contributed by atoms with E-state index in [4.69, 9.17) is 4.98 Å². The second-order valence-electron chi connectivity index (χ2n) is 9.21. The van der Waals surface area contributed by atoms with Gasteiger partial charge in [-0.05, 0) is 74.8 Å². The number of pyridine rings is 1. The van der Waals surface area contributed by atoms with E-state index >= 15 is 0 Å². The van der Waals surface area contributed by atoms with Gasteiger partial charge in [-0.25, -0.2) is 4.98 Å². The number of nitrogens with zero attached hydrogens (tertiary/aromatic N) is 3. The number of rotatable bonds is 5. The average molecular weight is 423 g/mol. The van der Waals surface area contributed by atoms with Crippen molar-refractivity contribution >= 4 is 34.2 Å². The molecule has 6 heteroatoms. The van der Waals surface area contributed by atoms with Crippen LogP contribution in [0.4, 0.5) is 11.5 Å². The summed E-state index contributed by atoms with van der Waals surface area (Å²) in [5.41, 5.74) is 2.87. The van der Waals surface area contributed by atoms with Gasteiger partial charge in [0.2, 0.25) is 11.8 Å². The number of nitrogens with one attached hydrogen (secondary N) is 1. The van der Waals surface area contributed by atoms with Crippen LogP contribution in [0.3, 0.4) is 0 Å². The minimum Gasteiger partial charge on any atom is -0.357 e. The molecule has 2 aromatic rings. The van der Waals surface area contributed by atoms with Gasteiger partial charge in [-0.1, -0.05) is 6.92 Å². The zero-order valence-electron chi connectivity index (χ0n) is 18.8.